The van der Waals surface area contributed by atoms with Crippen molar-refractivity contribution in [3.63, 3.8) is 0 Å². The maximum Gasteiger partial charge on any atom is 0.331 e. The SMILES string of the molecule is CO[C@H]1[C@@H](O)[C@@H](C)O[C@@H](OC2CC[C@@]3(C)C(C2)CC2O[C@]24[C@@H]3C(O)C(=O)[C@]2(C)[C@@H](C3=CC(=O)OC3)CC[C@@]24O)[C@@H]1O. The molecular formula is C30H42O11. The van der Waals surface area contributed by atoms with Gasteiger partial charge in [0.05, 0.1) is 23.7 Å². The maximum absolute atomic E-state index is 14.2. The maximum atomic E-state index is 14.2. The van der Waals surface area contributed by atoms with Crippen LogP contribution in [0.3, 0.4) is 0 Å². The number of fused-ring (bicyclic) bond motifs is 3. The molecule has 0 radical (unpaired) electrons. The largest absolute Gasteiger partial charge is 0.458 e. The van der Waals surface area contributed by atoms with Crippen molar-refractivity contribution in [2.45, 2.75) is 120 Å². The number of carbonyl (C=O) groups is 2. The van der Waals surface area contributed by atoms with E-state index in [1.165, 1.54) is 13.2 Å². The van der Waals surface area contributed by atoms with E-state index in [0.29, 0.717) is 44.1 Å². The summed E-state index contributed by atoms with van der Waals surface area (Å²) < 4.78 is 29.0. The van der Waals surface area contributed by atoms with E-state index >= 15 is 0 Å². The Morgan fingerprint density at radius 1 is 1.05 bits per heavy atom. The average Bonchev–Trinajstić information content (AvgIpc) is 3.38. The van der Waals surface area contributed by atoms with Crippen molar-refractivity contribution in [2.75, 3.05) is 13.7 Å². The summed E-state index contributed by atoms with van der Waals surface area (Å²) >= 11 is 0. The average molecular weight is 579 g/mol. The molecular weight excluding hydrogens is 536 g/mol. The molecule has 11 nitrogen and oxygen atoms in total. The first-order chi connectivity index (χ1) is 19.3. The first kappa shape index (κ1) is 28.3. The molecule has 7 aliphatic rings. The van der Waals surface area contributed by atoms with E-state index in [-0.39, 0.29) is 30.5 Å². The van der Waals surface area contributed by atoms with Gasteiger partial charge in [0.15, 0.2) is 12.1 Å². The van der Waals surface area contributed by atoms with Crippen LogP contribution in [0.4, 0.5) is 0 Å². The van der Waals surface area contributed by atoms with Crippen molar-refractivity contribution < 1.29 is 53.7 Å². The number of aliphatic hydroxyl groups excluding tert-OH is 3. The number of methoxy groups -OCH3 is 1. The van der Waals surface area contributed by atoms with Crippen molar-refractivity contribution in [3.05, 3.63) is 11.6 Å². The van der Waals surface area contributed by atoms with Crippen LogP contribution >= 0.6 is 0 Å². The van der Waals surface area contributed by atoms with Gasteiger partial charge in [0, 0.05) is 19.1 Å². The lowest BCUT2D eigenvalue weighted by Crippen LogP contribution is -2.75. The lowest BCUT2D eigenvalue weighted by Gasteiger charge is -2.62. The number of esters is 1. The van der Waals surface area contributed by atoms with Gasteiger partial charge in [-0.25, -0.2) is 4.79 Å². The molecule has 3 heterocycles. The molecule has 3 aliphatic heterocycles. The van der Waals surface area contributed by atoms with Gasteiger partial charge in [-0.1, -0.05) is 6.92 Å². The zero-order valence-electron chi connectivity index (χ0n) is 24.0. The number of Topliss-reactive ketones (excluding diaryl/α,β-unsaturated/α-hetero) is 1. The third kappa shape index (κ3) is 3.43. The number of ketones is 1. The first-order valence-electron chi connectivity index (χ1n) is 15.0. The predicted octanol–water partition coefficient (Wildman–Crippen LogP) is 0.391. The highest BCUT2D eigenvalue weighted by atomic mass is 16.7. The van der Waals surface area contributed by atoms with Crippen LogP contribution in [0.25, 0.3) is 0 Å². The van der Waals surface area contributed by atoms with Gasteiger partial charge in [-0.05, 0) is 75.2 Å². The Morgan fingerprint density at radius 2 is 1.80 bits per heavy atom. The lowest BCUT2D eigenvalue weighted by atomic mass is 9.41. The Morgan fingerprint density at radius 3 is 2.49 bits per heavy atom. The van der Waals surface area contributed by atoms with E-state index in [2.05, 4.69) is 6.92 Å². The summed E-state index contributed by atoms with van der Waals surface area (Å²) in [4.78, 5) is 26.0. The highest BCUT2D eigenvalue weighted by Crippen LogP contribution is 2.76. The molecule has 0 amide bonds. The number of ether oxygens (including phenoxy) is 5. The Bertz CT molecular complexity index is 1170. The minimum atomic E-state index is -1.48. The summed E-state index contributed by atoms with van der Waals surface area (Å²) in [5, 5.41) is 45.4. The molecule has 0 bridgehead atoms. The van der Waals surface area contributed by atoms with Gasteiger partial charge in [-0.2, -0.15) is 0 Å². The third-order valence-electron chi connectivity index (χ3n) is 12.5. The zero-order valence-corrected chi connectivity index (χ0v) is 24.0. The van der Waals surface area contributed by atoms with E-state index in [1.807, 2.05) is 0 Å². The number of hydrogen-bond acceptors (Lipinski definition) is 11. The molecule has 15 atom stereocenters. The van der Waals surface area contributed by atoms with Crippen LogP contribution in [0.15, 0.2) is 11.6 Å². The second-order valence-electron chi connectivity index (χ2n) is 14.0. The fraction of sp³-hybridized carbons (Fsp3) is 0.867. The summed E-state index contributed by atoms with van der Waals surface area (Å²) in [6, 6.07) is 0. The van der Waals surface area contributed by atoms with E-state index in [0.717, 1.165) is 0 Å². The van der Waals surface area contributed by atoms with Crippen LogP contribution in [0, 0.1) is 28.6 Å². The molecule has 4 saturated carbocycles. The summed E-state index contributed by atoms with van der Waals surface area (Å²) in [5.41, 5.74) is -3.60. The number of epoxide rings is 1. The number of aliphatic hydroxyl groups is 4. The molecule has 7 rings (SSSR count). The van der Waals surface area contributed by atoms with E-state index < -0.39 is 76.6 Å². The molecule has 6 fully saturated rings. The van der Waals surface area contributed by atoms with Gasteiger partial charge in [0.1, 0.15) is 42.2 Å². The van der Waals surface area contributed by atoms with Crippen LogP contribution in [0.2, 0.25) is 0 Å². The van der Waals surface area contributed by atoms with E-state index in [1.54, 1.807) is 13.8 Å². The predicted molar refractivity (Wildman–Crippen MR) is 139 cm³/mol. The first-order valence-corrected chi connectivity index (χ1v) is 15.0. The molecule has 0 aromatic rings. The summed E-state index contributed by atoms with van der Waals surface area (Å²) in [6.45, 7) is 5.65. The normalized spacial score (nSPS) is 57.7. The minimum Gasteiger partial charge on any atom is -0.458 e. The van der Waals surface area contributed by atoms with Gasteiger partial charge in [-0.3, -0.25) is 4.79 Å². The van der Waals surface area contributed by atoms with Crippen LogP contribution in [-0.2, 0) is 33.3 Å². The topological polar surface area (TPSA) is 165 Å². The fourth-order valence-electron chi connectivity index (χ4n) is 10.3. The molecule has 2 saturated heterocycles. The van der Waals surface area contributed by atoms with E-state index in [9.17, 15) is 30.0 Å². The molecule has 228 valence electrons. The standard InChI is InChI=1S/C30H42O11/c1-13-20(32)23(37-4)21(33)26(39-13)40-16-5-7-27(2)15(10-16)11-18-30(41-18)24(27)22(34)25(35)28(3)17(6-8-29(28,30)36)14-9-19(31)38-12-14/h9,13,15-18,20-24,26,32-34,36H,5-8,10-12H2,1-4H3/t13-,15?,16?,17-,18?,20+,21-,22?,23+,24-,26+,27+,28+,29-,30+/m1/s1. The summed E-state index contributed by atoms with van der Waals surface area (Å²) in [5.74, 6) is -1.77. The Balaban J connectivity index is 1.15. The number of carbonyl (C=O) groups excluding carboxylic acids is 2. The highest BCUT2D eigenvalue weighted by molar-refractivity contribution is 5.94. The van der Waals surface area contributed by atoms with Crippen molar-refractivity contribution in [3.8, 4) is 0 Å². The summed E-state index contributed by atoms with van der Waals surface area (Å²) in [6.07, 6.45) is -1.55. The molecule has 11 heteroatoms. The highest BCUT2D eigenvalue weighted by Gasteiger charge is 2.88. The quantitative estimate of drug-likeness (QED) is 0.207. The van der Waals surface area contributed by atoms with Crippen molar-refractivity contribution >= 4 is 11.8 Å². The van der Waals surface area contributed by atoms with Gasteiger partial charge < -0.3 is 44.1 Å². The van der Waals surface area contributed by atoms with Crippen LogP contribution in [-0.4, -0.2) is 106 Å². The number of cyclic esters (lactones) is 1. The third-order valence-corrected chi connectivity index (χ3v) is 12.5. The fourth-order valence-corrected chi connectivity index (χ4v) is 10.3. The van der Waals surface area contributed by atoms with Gasteiger partial charge >= 0.3 is 5.97 Å². The van der Waals surface area contributed by atoms with Gasteiger partial charge in [-0.15, -0.1) is 0 Å². The number of hydrogen-bond donors (Lipinski definition) is 4. The van der Waals surface area contributed by atoms with Gasteiger partial charge in [0.2, 0.25) is 0 Å². The molecule has 0 aromatic heterocycles. The van der Waals surface area contributed by atoms with Crippen molar-refractivity contribution in [2.24, 2.45) is 28.6 Å². The van der Waals surface area contributed by atoms with Crippen LogP contribution < -0.4 is 0 Å². The van der Waals surface area contributed by atoms with E-state index in [4.69, 9.17) is 23.7 Å². The molecule has 4 N–H and O–H groups in total. The molecule has 41 heavy (non-hydrogen) atoms. The Kier molecular flexibility index (Phi) is 6.25. The second kappa shape index (κ2) is 9.04. The molecule has 4 aliphatic carbocycles. The Hall–Kier alpha value is -1.44. The van der Waals surface area contributed by atoms with Crippen molar-refractivity contribution in [1.29, 1.82) is 0 Å². The molecule has 4 unspecified atom stereocenters. The van der Waals surface area contributed by atoms with Crippen LogP contribution in [0.1, 0.15) is 59.3 Å². The van der Waals surface area contributed by atoms with Crippen LogP contribution in [0.5, 0.6) is 0 Å². The molecule has 1 spiro atoms. The minimum absolute atomic E-state index is 0.0463. The van der Waals surface area contributed by atoms with Gasteiger partial charge in [0.25, 0.3) is 0 Å². The monoisotopic (exact) mass is 578 g/mol. The zero-order chi connectivity index (χ0) is 29.3. The lowest BCUT2D eigenvalue weighted by molar-refractivity contribution is -0.313. The van der Waals surface area contributed by atoms with Crippen molar-refractivity contribution in [1.82, 2.24) is 0 Å². The summed E-state index contributed by atoms with van der Waals surface area (Å²) in [7, 11) is 1.43. The molecule has 0 aromatic carbocycles. The second-order valence-corrected chi connectivity index (χ2v) is 14.0. The smallest absolute Gasteiger partial charge is 0.331 e. The number of rotatable bonds is 4. The Labute approximate surface area is 239 Å².